The van der Waals surface area contributed by atoms with Crippen LogP contribution in [-0.4, -0.2) is 45.5 Å². The van der Waals surface area contributed by atoms with Gasteiger partial charge >= 0.3 is 5.97 Å². The first-order chi connectivity index (χ1) is 9.90. The van der Waals surface area contributed by atoms with Crippen molar-refractivity contribution in [1.29, 1.82) is 0 Å². The highest BCUT2D eigenvalue weighted by atomic mass is 16.5. The van der Waals surface area contributed by atoms with E-state index < -0.39 is 11.5 Å². The molecule has 0 spiro atoms. The second-order valence-corrected chi connectivity index (χ2v) is 5.60. The Morgan fingerprint density at radius 3 is 2.62 bits per heavy atom. The van der Waals surface area contributed by atoms with Gasteiger partial charge in [0.1, 0.15) is 6.54 Å². The maximum atomic E-state index is 12.2. The van der Waals surface area contributed by atoms with Gasteiger partial charge < -0.3 is 15.2 Å². The predicted octanol–water partition coefficient (Wildman–Crippen LogP) is 0.640. The van der Waals surface area contributed by atoms with Gasteiger partial charge in [-0.15, -0.1) is 0 Å². The molecule has 7 heteroatoms. The standard InChI is InChI=1S/C14H21N3O4/c1-10-7-11(2)17(16-10)9-12(18)15-14(8-13(19)20)3-5-21-6-4-14/h7H,3-6,8-9H2,1-2H3,(H,15,18)(H,19,20). The van der Waals surface area contributed by atoms with E-state index in [1.165, 1.54) is 0 Å². The molecule has 1 amide bonds. The van der Waals surface area contributed by atoms with Gasteiger partial charge in [0.05, 0.1) is 17.7 Å². The van der Waals surface area contributed by atoms with Gasteiger partial charge in [-0.2, -0.15) is 5.10 Å². The topological polar surface area (TPSA) is 93.5 Å². The monoisotopic (exact) mass is 295 g/mol. The Morgan fingerprint density at radius 2 is 2.10 bits per heavy atom. The molecular weight excluding hydrogens is 274 g/mol. The highest BCUT2D eigenvalue weighted by Gasteiger charge is 2.36. The number of ether oxygens (including phenoxy) is 1. The summed E-state index contributed by atoms with van der Waals surface area (Å²) < 4.78 is 6.89. The summed E-state index contributed by atoms with van der Waals surface area (Å²) in [4.78, 5) is 23.3. The summed E-state index contributed by atoms with van der Waals surface area (Å²) in [6.45, 7) is 4.78. The molecule has 1 aromatic heterocycles. The summed E-state index contributed by atoms with van der Waals surface area (Å²) in [7, 11) is 0. The van der Waals surface area contributed by atoms with E-state index in [-0.39, 0.29) is 18.9 Å². The summed E-state index contributed by atoms with van der Waals surface area (Å²) in [6, 6.07) is 1.90. The van der Waals surface area contributed by atoms with E-state index in [0.29, 0.717) is 26.1 Å². The third kappa shape index (κ3) is 4.04. The van der Waals surface area contributed by atoms with Gasteiger partial charge in [0, 0.05) is 18.9 Å². The van der Waals surface area contributed by atoms with Crippen LogP contribution in [0, 0.1) is 13.8 Å². The largest absolute Gasteiger partial charge is 0.481 e. The zero-order valence-electron chi connectivity index (χ0n) is 12.4. The second kappa shape index (κ2) is 6.26. The molecule has 1 fully saturated rings. The summed E-state index contributed by atoms with van der Waals surface area (Å²) in [5.74, 6) is -1.13. The Kier molecular flexibility index (Phi) is 4.62. The molecule has 0 radical (unpaired) electrons. The number of hydrogen-bond acceptors (Lipinski definition) is 4. The average molecular weight is 295 g/mol. The van der Waals surface area contributed by atoms with Crippen molar-refractivity contribution in [3.8, 4) is 0 Å². The Balaban J connectivity index is 2.04. The second-order valence-electron chi connectivity index (χ2n) is 5.60. The number of aromatic nitrogens is 2. The number of aryl methyl sites for hydroxylation is 2. The van der Waals surface area contributed by atoms with Crippen LogP contribution in [0.4, 0.5) is 0 Å². The number of carbonyl (C=O) groups is 2. The van der Waals surface area contributed by atoms with Crippen LogP contribution >= 0.6 is 0 Å². The lowest BCUT2D eigenvalue weighted by Gasteiger charge is -2.36. The first-order valence-electron chi connectivity index (χ1n) is 7.02. The molecule has 2 rings (SSSR count). The van der Waals surface area contributed by atoms with E-state index in [1.54, 1.807) is 4.68 Å². The van der Waals surface area contributed by atoms with Crippen molar-refractivity contribution in [2.45, 2.75) is 45.2 Å². The fraction of sp³-hybridized carbons (Fsp3) is 0.643. The molecule has 1 aromatic rings. The first kappa shape index (κ1) is 15.5. The van der Waals surface area contributed by atoms with E-state index in [2.05, 4.69) is 10.4 Å². The Labute approximate surface area is 123 Å². The summed E-state index contributed by atoms with van der Waals surface area (Å²) in [5, 5.41) is 16.2. The maximum Gasteiger partial charge on any atom is 0.305 e. The molecule has 1 aliphatic rings. The molecule has 0 bridgehead atoms. The molecular formula is C14H21N3O4. The van der Waals surface area contributed by atoms with Crippen molar-refractivity contribution in [1.82, 2.24) is 15.1 Å². The number of hydrogen-bond donors (Lipinski definition) is 2. The molecule has 0 atom stereocenters. The molecule has 7 nitrogen and oxygen atoms in total. The average Bonchev–Trinajstić information content (AvgIpc) is 2.67. The van der Waals surface area contributed by atoms with Crippen LogP contribution in [0.3, 0.4) is 0 Å². The quantitative estimate of drug-likeness (QED) is 0.831. The Bertz CT molecular complexity index is 532. The summed E-state index contributed by atoms with van der Waals surface area (Å²) >= 11 is 0. The molecule has 0 aromatic carbocycles. The fourth-order valence-electron chi connectivity index (χ4n) is 2.70. The lowest BCUT2D eigenvalue weighted by molar-refractivity contribution is -0.140. The predicted molar refractivity (Wildman–Crippen MR) is 74.9 cm³/mol. The van der Waals surface area contributed by atoms with E-state index in [4.69, 9.17) is 9.84 Å². The minimum absolute atomic E-state index is 0.0841. The van der Waals surface area contributed by atoms with Crippen LogP contribution in [0.1, 0.15) is 30.7 Å². The Hall–Kier alpha value is -1.89. The number of amides is 1. The molecule has 0 unspecified atom stereocenters. The minimum atomic E-state index is -0.914. The van der Waals surface area contributed by atoms with Gasteiger partial charge in [0.2, 0.25) is 5.91 Å². The third-order valence-electron chi connectivity index (χ3n) is 3.74. The molecule has 1 aliphatic heterocycles. The normalized spacial score (nSPS) is 17.4. The van der Waals surface area contributed by atoms with Gasteiger partial charge in [-0.05, 0) is 32.8 Å². The number of aliphatic carboxylic acids is 1. The molecule has 2 heterocycles. The summed E-state index contributed by atoms with van der Waals surface area (Å²) in [5.41, 5.74) is 1.05. The van der Waals surface area contributed by atoms with Crippen molar-refractivity contribution >= 4 is 11.9 Å². The molecule has 21 heavy (non-hydrogen) atoms. The van der Waals surface area contributed by atoms with Crippen molar-refractivity contribution in [2.75, 3.05) is 13.2 Å². The smallest absolute Gasteiger partial charge is 0.305 e. The van der Waals surface area contributed by atoms with Crippen LogP contribution in [-0.2, 0) is 20.9 Å². The van der Waals surface area contributed by atoms with Crippen molar-refractivity contribution in [3.05, 3.63) is 17.5 Å². The van der Waals surface area contributed by atoms with Crippen LogP contribution < -0.4 is 5.32 Å². The number of rotatable bonds is 5. The van der Waals surface area contributed by atoms with E-state index in [0.717, 1.165) is 11.4 Å². The highest BCUT2D eigenvalue weighted by molar-refractivity contribution is 5.78. The molecule has 2 N–H and O–H groups in total. The van der Waals surface area contributed by atoms with Crippen molar-refractivity contribution in [3.63, 3.8) is 0 Å². The van der Waals surface area contributed by atoms with Gasteiger partial charge in [-0.3, -0.25) is 14.3 Å². The SMILES string of the molecule is Cc1cc(C)n(CC(=O)NC2(CC(=O)O)CCOCC2)n1. The van der Waals surface area contributed by atoms with Crippen LogP contribution in [0.25, 0.3) is 0 Å². The zero-order valence-corrected chi connectivity index (χ0v) is 12.4. The van der Waals surface area contributed by atoms with Gasteiger partial charge in [0.25, 0.3) is 0 Å². The lowest BCUT2D eigenvalue weighted by Crippen LogP contribution is -2.54. The number of nitrogens with zero attached hydrogens (tertiary/aromatic N) is 2. The molecule has 0 saturated carbocycles. The minimum Gasteiger partial charge on any atom is -0.481 e. The molecule has 1 saturated heterocycles. The molecule has 0 aliphatic carbocycles. The van der Waals surface area contributed by atoms with E-state index >= 15 is 0 Å². The van der Waals surface area contributed by atoms with Gasteiger partial charge in [-0.25, -0.2) is 0 Å². The van der Waals surface area contributed by atoms with Gasteiger partial charge in [-0.1, -0.05) is 0 Å². The number of nitrogens with one attached hydrogen (secondary N) is 1. The van der Waals surface area contributed by atoms with Crippen molar-refractivity contribution in [2.24, 2.45) is 0 Å². The maximum absolute atomic E-state index is 12.2. The lowest BCUT2D eigenvalue weighted by atomic mass is 9.86. The van der Waals surface area contributed by atoms with E-state index in [9.17, 15) is 9.59 Å². The number of carboxylic acid groups (broad SMARTS) is 1. The molecule has 116 valence electrons. The van der Waals surface area contributed by atoms with Gasteiger partial charge in [0.15, 0.2) is 0 Å². The van der Waals surface area contributed by atoms with Crippen molar-refractivity contribution < 1.29 is 19.4 Å². The highest BCUT2D eigenvalue weighted by Crippen LogP contribution is 2.24. The van der Waals surface area contributed by atoms with Crippen LogP contribution in [0.5, 0.6) is 0 Å². The van der Waals surface area contributed by atoms with Crippen LogP contribution in [0.2, 0.25) is 0 Å². The first-order valence-corrected chi connectivity index (χ1v) is 7.02. The fourth-order valence-corrected chi connectivity index (χ4v) is 2.70. The van der Waals surface area contributed by atoms with Crippen LogP contribution in [0.15, 0.2) is 6.07 Å². The Morgan fingerprint density at radius 1 is 1.43 bits per heavy atom. The third-order valence-corrected chi connectivity index (χ3v) is 3.74. The number of carbonyl (C=O) groups excluding carboxylic acids is 1. The van der Waals surface area contributed by atoms with E-state index in [1.807, 2.05) is 19.9 Å². The zero-order chi connectivity index (χ0) is 15.5. The number of carboxylic acids is 1. The summed E-state index contributed by atoms with van der Waals surface area (Å²) in [6.07, 6.45) is 0.948.